The number of hydrogen-bond acceptors (Lipinski definition) is 3. The van der Waals surface area contributed by atoms with Gasteiger partial charge in [0, 0.05) is 23.6 Å². The summed E-state index contributed by atoms with van der Waals surface area (Å²) in [6.07, 6.45) is -3.51. The first-order valence-corrected chi connectivity index (χ1v) is 7.67. The largest absolute Gasteiger partial charge is 0.416 e. The lowest BCUT2D eigenvalue weighted by Gasteiger charge is -2.24. The van der Waals surface area contributed by atoms with E-state index in [1.54, 1.807) is 0 Å². The summed E-state index contributed by atoms with van der Waals surface area (Å²) in [6.45, 7) is 5.66. The number of anilines is 1. The van der Waals surface area contributed by atoms with Crippen LogP contribution in [-0.4, -0.2) is 28.6 Å². The van der Waals surface area contributed by atoms with Gasteiger partial charge in [-0.3, -0.25) is 0 Å². The fraction of sp³-hybridized carbons (Fsp3) is 0.615. The number of aromatic nitrogens is 1. The minimum atomic E-state index is -4.40. The Morgan fingerprint density at radius 2 is 2.00 bits per heavy atom. The minimum absolute atomic E-state index is 0.119. The lowest BCUT2D eigenvalue weighted by atomic mass is 10.1. The van der Waals surface area contributed by atoms with Gasteiger partial charge in [0.25, 0.3) is 0 Å². The van der Waals surface area contributed by atoms with E-state index in [-0.39, 0.29) is 9.90 Å². The van der Waals surface area contributed by atoms with Gasteiger partial charge in [-0.15, -0.1) is 0 Å². The summed E-state index contributed by atoms with van der Waals surface area (Å²) >= 11 is 7.56. The predicted octanol–water partition coefficient (Wildman–Crippen LogP) is 4.48. The van der Waals surface area contributed by atoms with Gasteiger partial charge in [0.2, 0.25) is 0 Å². The fourth-order valence-electron chi connectivity index (χ4n) is 2.06. The highest BCUT2D eigenvalue weighted by molar-refractivity contribution is 8.00. The predicted molar refractivity (Wildman–Crippen MR) is 77.6 cm³/mol. The van der Waals surface area contributed by atoms with E-state index in [2.05, 4.69) is 18.8 Å². The summed E-state index contributed by atoms with van der Waals surface area (Å²) in [4.78, 5) is 5.92. The molecule has 0 saturated carbocycles. The van der Waals surface area contributed by atoms with Gasteiger partial charge in [-0.2, -0.15) is 24.9 Å². The molecule has 1 fully saturated rings. The summed E-state index contributed by atoms with van der Waals surface area (Å²) in [5, 5.41) is -0.119. The van der Waals surface area contributed by atoms with Gasteiger partial charge >= 0.3 is 6.18 Å². The van der Waals surface area contributed by atoms with E-state index in [0.717, 1.165) is 24.3 Å². The van der Waals surface area contributed by atoms with Crippen LogP contribution in [0.2, 0.25) is 5.15 Å². The third-order valence-electron chi connectivity index (χ3n) is 3.27. The van der Waals surface area contributed by atoms with Crippen molar-refractivity contribution in [3.8, 4) is 0 Å². The Bertz CT molecular complexity index is 491. The number of rotatable bonds is 1. The number of hydrogen-bond donors (Lipinski definition) is 0. The number of nitrogens with zero attached hydrogens (tertiary/aromatic N) is 2. The van der Waals surface area contributed by atoms with Gasteiger partial charge < -0.3 is 4.90 Å². The zero-order valence-corrected chi connectivity index (χ0v) is 12.9. The van der Waals surface area contributed by atoms with Crippen molar-refractivity contribution < 1.29 is 13.2 Å². The first-order chi connectivity index (χ1) is 9.17. The molecule has 0 atom stereocenters. The van der Waals surface area contributed by atoms with Gasteiger partial charge in [0.1, 0.15) is 11.0 Å². The van der Waals surface area contributed by atoms with Crippen molar-refractivity contribution in [2.24, 2.45) is 0 Å². The maximum absolute atomic E-state index is 12.8. The number of alkyl halides is 3. The molecule has 0 aliphatic carbocycles. The Morgan fingerprint density at radius 3 is 2.65 bits per heavy atom. The van der Waals surface area contributed by atoms with Crippen molar-refractivity contribution in [3.05, 3.63) is 22.8 Å². The molecule has 1 aromatic rings. The summed E-state index contributed by atoms with van der Waals surface area (Å²) in [7, 11) is 0. The highest BCUT2D eigenvalue weighted by Crippen LogP contribution is 2.35. The zero-order valence-electron chi connectivity index (χ0n) is 11.3. The van der Waals surface area contributed by atoms with Crippen LogP contribution >= 0.6 is 23.4 Å². The summed E-state index contributed by atoms with van der Waals surface area (Å²) in [5.41, 5.74) is -0.747. The normalized spacial score (nSPS) is 19.8. The molecule has 7 heteroatoms. The van der Waals surface area contributed by atoms with Crippen LogP contribution in [0.25, 0.3) is 0 Å². The molecule has 0 radical (unpaired) electrons. The zero-order chi connectivity index (χ0) is 15.0. The van der Waals surface area contributed by atoms with Gasteiger partial charge in [-0.1, -0.05) is 25.4 Å². The molecule has 0 amide bonds. The van der Waals surface area contributed by atoms with Crippen LogP contribution < -0.4 is 4.90 Å². The van der Waals surface area contributed by atoms with E-state index in [1.165, 1.54) is 0 Å². The highest BCUT2D eigenvalue weighted by atomic mass is 35.5. The molecule has 0 bridgehead atoms. The first kappa shape index (κ1) is 15.8. The first-order valence-electron chi connectivity index (χ1n) is 6.31. The quantitative estimate of drug-likeness (QED) is 0.709. The molecule has 1 aromatic heterocycles. The van der Waals surface area contributed by atoms with Gasteiger partial charge in [-0.25, -0.2) is 4.98 Å². The van der Waals surface area contributed by atoms with Crippen LogP contribution in [0.1, 0.15) is 25.8 Å². The minimum Gasteiger partial charge on any atom is -0.356 e. The van der Waals surface area contributed by atoms with Crippen LogP contribution in [0.3, 0.4) is 0 Å². The van der Waals surface area contributed by atoms with Crippen molar-refractivity contribution in [1.29, 1.82) is 0 Å². The summed E-state index contributed by atoms with van der Waals surface area (Å²) in [5.74, 6) is 1.17. The van der Waals surface area contributed by atoms with E-state index >= 15 is 0 Å². The number of halogens is 4. The SMILES string of the molecule is CC1(C)CCN(c2cc(C(F)(F)F)cc(Cl)n2)CCS1. The third-order valence-corrected chi connectivity index (χ3v) is 4.84. The molecule has 2 rings (SSSR count). The molecule has 0 spiro atoms. The molecular formula is C13H16ClF3N2S. The molecule has 1 saturated heterocycles. The Labute approximate surface area is 125 Å². The molecule has 1 aliphatic heterocycles. The maximum atomic E-state index is 12.8. The topological polar surface area (TPSA) is 16.1 Å². The van der Waals surface area contributed by atoms with E-state index in [1.807, 2.05) is 16.7 Å². The maximum Gasteiger partial charge on any atom is 0.416 e. The van der Waals surface area contributed by atoms with Crippen LogP contribution in [0, 0.1) is 0 Å². The molecule has 0 aromatic carbocycles. The second-order valence-electron chi connectivity index (χ2n) is 5.38. The van der Waals surface area contributed by atoms with Gasteiger partial charge in [-0.05, 0) is 18.6 Å². The second-order valence-corrected chi connectivity index (χ2v) is 7.57. The van der Waals surface area contributed by atoms with Crippen LogP contribution in [-0.2, 0) is 6.18 Å². The fourth-order valence-corrected chi connectivity index (χ4v) is 3.36. The molecule has 0 N–H and O–H groups in total. The smallest absolute Gasteiger partial charge is 0.356 e. The molecule has 2 nitrogen and oxygen atoms in total. The van der Waals surface area contributed by atoms with Crippen LogP contribution in [0.5, 0.6) is 0 Å². The van der Waals surface area contributed by atoms with Gasteiger partial charge in [0.05, 0.1) is 5.56 Å². The van der Waals surface area contributed by atoms with Crippen molar-refractivity contribution in [3.63, 3.8) is 0 Å². The average molecular weight is 325 g/mol. The monoisotopic (exact) mass is 324 g/mol. The lowest BCUT2D eigenvalue weighted by molar-refractivity contribution is -0.137. The molecule has 0 unspecified atom stereocenters. The van der Waals surface area contributed by atoms with E-state index in [9.17, 15) is 13.2 Å². The lowest BCUT2D eigenvalue weighted by Crippen LogP contribution is -2.28. The van der Waals surface area contributed by atoms with Crippen LogP contribution in [0.15, 0.2) is 12.1 Å². The highest BCUT2D eigenvalue weighted by Gasteiger charge is 2.32. The molecule has 2 heterocycles. The van der Waals surface area contributed by atoms with Crippen molar-refractivity contribution in [1.82, 2.24) is 4.98 Å². The summed E-state index contributed by atoms with van der Waals surface area (Å²) < 4.78 is 38.6. The molecule has 1 aliphatic rings. The third kappa shape index (κ3) is 3.95. The molecular weight excluding hydrogens is 309 g/mol. The van der Waals surface area contributed by atoms with Crippen molar-refractivity contribution in [2.75, 3.05) is 23.7 Å². The Balaban J connectivity index is 2.26. The van der Waals surface area contributed by atoms with Crippen molar-refractivity contribution in [2.45, 2.75) is 31.2 Å². The summed E-state index contributed by atoms with van der Waals surface area (Å²) in [6, 6.07) is 1.94. The Hall–Kier alpha value is -0.620. The van der Waals surface area contributed by atoms with E-state index in [0.29, 0.717) is 18.9 Å². The van der Waals surface area contributed by atoms with Crippen molar-refractivity contribution >= 4 is 29.2 Å². The number of thioether (sulfide) groups is 1. The second kappa shape index (κ2) is 5.64. The van der Waals surface area contributed by atoms with Gasteiger partial charge in [0.15, 0.2) is 0 Å². The van der Waals surface area contributed by atoms with E-state index < -0.39 is 11.7 Å². The molecule has 112 valence electrons. The average Bonchev–Trinajstić information content (AvgIpc) is 2.48. The molecule has 20 heavy (non-hydrogen) atoms. The standard InChI is InChI=1S/C13H16ClF3N2S/c1-12(2)3-4-19(5-6-20-12)11-8-9(13(15,16)17)7-10(14)18-11/h7-8H,3-6H2,1-2H3. The van der Waals surface area contributed by atoms with Crippen LogP contribution in [0.4, 0.5) is 19.0 Å². The number of pyridine rings is 1. The Morgan fingerprint density at radius 1 is 1.30 bits per heavy atom. The Kier molecular flexibility index (Phi) is 4.44. The van der Waals surface area contributed by atoms with E-state index in [4.69, 9.17) is 11.6 Å².